The fourth-order valence-electron chi connectivity index (χ4n) is 1.78. The van der Waals surface area contributed by atoms with Gasteiger partial charge in [-0.05, 0) is 26.2 Å². The van der Waals surface area contributed by atoms with E-state index in [1.165, 1.54) is 0 Å². The van der Waals surface area contributed by atoms with E-state index in [0.29, 0.717) is 6.42 Å². The number of hydrogen-bond donors (Lipinski definition) is 0. The van der Waals surface area contributed by atoms with Crippen LogP contribution in [0.4, 0.5) is 13.2 Å². The van der Waals surface area contributed by atoms with Gasteiger partial charge in [0.15, 0.2) is 0 Å². The smallest absolute Gasteiger partial charge is 0.466 e. The maximum absolute atomic E-state index is 12.1. The van der Waals surface area contributed by atoms with E-state index >= 15 is 0 Å². The molecule has 0 heterocycles. The molecule has 1 saturated carbocycles. The highest BCUT2D eigenvalue weighted by molar-refractivity contribution is 7.87. The van der Waals surface area contributed by atoms with Crippen LogP contribution in [0.2, 0.25) is 0 Å². The maximum Gasteiger partial charge on any atom is 0.523 e. The zero-order valence-electron chi connectivity index (χ0n) is 9.57. The summed E-state index contributed by atoms with van der Waals surface area (Å²) in [6, 6.07) is 0. The minimum absolute atomic E-state index is 0.0775. The standard InChI is InChI=1S/C9H13F3O5S/c1-2-16-8(13)6-4-3-5-7(6)17-18(14,15)9(10,11)12/h6-7H,2-5H2,1H3. The predicted molar refractivity (Wildman–Crippen MR) is 53.8 cm³/mol. The fourth-order valence-corrected chi connectivity index (χ4v) is 2.44. The Morgan fingerprint density at radius 3 is 2.44 bits per heavy atom. The third-order valence-corrected chi connectivity index (χ3v) is 3.64. The van der Waals surface area contributed by atoms with Gasteiger partial charge in [0, 0.05) is 0 Å². The van der Waals surface area contributed by atoms with E-state index in [9.17, 15) is 26.4 Å². The number of halogens is 3. The van der Waals surface area contributed by atoms with Gasteiger partial charge in [-0.1, -0.05) is 0 Å². The van der Waals surface area contributed by atoms with E-state index in [0.717, 1.165) is 0 Å². The second kappa shape index (κ2) is 5.43. The third-order valence-electron chi connectivity index (χ3n) is 2.58. The Bertz CT molecular complexity index is 403. The molecule has 1 aliphatic rings. The monoisotopic (exact) mass is 290 g/mol. The highest BCUT2D eigenvalue weighted by atomic mass is 32.2. The van der Waals surface area contributed by atoms with Gasteiger partial charge < -0.3 is 4.74 Å². The molecule has 18 heavy (non-hydrogen) atoms. The zero-order chi connectivity index (χ0) is 14.0. The Kier molecular flexibility index (Phi) is 4.60. The van der Waals surface area contributed by atoms with Crippen LogP contribution >= 0.6 is 0 Å². The predicted octanol–water partition coefficient (Wildman–Crippen LogP) is 1.58. The summed E-state index contributed by atoms with van der Waals surface area (Å²) in [7, 11) is -5.67. The molecule has 5 nitrogen and oxygen atoms in total. The van der Waals surface area contributed by atoms with Gasteiger partial charge in [0.1, 0.15) is 0 Å². The Morgan fingerprint density at radius 2 is 1.94 bits per heavy atom. The summed E-state index contributed by atoms with van der Waals surface area (Å²) in [6.45, 7) is 1.63. The molecule has 2 atom stereocenters. The molecule has 0 aromatic rings. The van der Waals surface area contributed by atoms with Gasteiger partial charge in [0.25, 0.3) is 0 Å². The molecule has 0 saturated heterocycles. The van der Waals surface area contributed by atoms with Crippen LogP contribution in [-0.2, 0) is 23.8 Å². The first-order valence-electron chi connectivity index (χ1n) is 5.35. The van der Waals surface area contributed by atoms with Crippen LogP contribution in [-0.4, -0.2) is 32.6 Å². The summed E-state index contributed by atoms with van der Waals surface area (Å²) < 4.78 is 66.8. The molecule has 1 aliphatic carbocycles. The van der Waals surface area contributed by atoms with Gasteiger partial charge in [-0.25, -0.2) is 0 Å². The first-order chi connectivity index (χ1) is 8.19. The molecule has 0 amide bonds. The molecule has 0 spiro atoms. The fraction of sp³-hybridized carbons (Fsp3) is 0.889. The van der Waals surface area contributed by atoms with Gasteiger partial charge in [0.2, 0.25) is 0 Å². The summed E-state index contributed by atoms with van der Waals surface area (Å²) in [5.74, 6) is -1.68. The Hall–Kier alpha value is -0.830. The second-order valence-corrected chi connectivity index (χ2v) is 5.39. The maximum atomic E-state index is 12.1. The average molecular weight is 290 g/mol. The van der Waals surface area contributed by atoms with Crippen molar-refractivity contribution in [3.8, 4) is 0 Å². The normalized spacial score (nSPS) is 25.1. The number of rotatable bonds is 4. The first kappa shape index (κ1) is 15.2. The van der Waals surface area contributed by atoms with E-state index in [1.54, 1.807) is 6.92 Å². The molecular weight excluding hydrogens is 277 g/mol. The molecule has 0 N–H and O–H groups in total. The van der Waals surface area contributed by atoms with Gasteiger partial charge in [-0.2, -0.15) is 21.6 Å². The van der Waals surface area contributed by atoms with Gasteiger partial charge in [-0.3, -0.25) is 8.98 Å². The summed E-state index contributed by atoms with van der Waals surface area (Å²) in [6.07, 6.45) is -0.535. The number of carbonyl (C=O) groups excluding carboxylic acids is 1. The lowest BCUT2D eigenvalue weighted by molar-refractivity contribution is -0.150. The summed E-state index contributed by atoms with van der Waals surface area (Å²) in [5.41, 5.74) is -5.48. The van der Waals surface area contributed by atoms with Crippen molar-refractivity contribution in [1.29, 1.82) is 0 Å². The van der Waals surface area contributed by atoms with Crippen molar-refractivity contribution in [2.24, 2.45) is 5.92 Å². The minimum Gasteiger partial charge on any atom is -0.466 e. The molecule has 106 valence electrons. The Labute approximate surface area is 102 Å². The van der Waals surface area contributed by atoms with E-state index in [-0.39, 0.29) is 19.4 Å². The van der Waals surface area contributed by atoms with Crippen LogP contribution in [0.15, 0.2) is 0 Å². The molecule has 9 heteroatoms. The average Bonchev–Trinajstić information content (AvgIpc) is 2.63. The van der Waals surface area contributed by atoms with Crippen LogP contribution in [0.1, 0.15) is 26.2 Å². The second-order valence-electron chi connectivity index (χ2n) is 3.82. The van der Waals surface area contributed by atoms with Crippen LogP contribution in [0, 0.1) is 5.92 Å². The molecule has 2 unspecified atom stereocenters. The quantitative estimate of drug-likeness (QED) is 0.447. The zero-order valence-corrected chi connectivity index (χ0v) is 10.4. The van der Waals surface area contributed by atoms with Crippen molar-refractivity contribution in [3.05, 3.63) is 0 Å². The summed E-state index contributed by atoms with van der Waals surface area (Å²) in [4.78, 5) is 11.4. The molecular formula is C9H13F3O5S. The van der Waals surface area contributed by atoms with Gasteiger partial charge in [-0.15, -0.1) is 0 Å². The number of carbonyl (C=O) groups is 1. The lowest BCUT2D eigenvalue weighted by Crippen LogP contribution is -2.34. The summed E-state index contributed by atoms with van der Waals surface area (Å²) >= 11 is 0. The van der Waals surface area contributed by atoms with Crippen molar-refractivity contribution in [3.63, 3.8) is 0 Å². The number of esters is 1. The Balaban J connectivity index is 2.75. The lowest BCUT2D eigenvalue weighted by Gasteiger charge is -2.19. The van der Waals surface area contributed by atoms with Crippen LogP contribution in [0.3, 0.4) is 0 Å². The third kappa shape index (κ3) is 3.35. The SMILES string of the molecule is CCOC(=O)C1CCCC1OS(=O)(=O)C(F)(F)F. The van der Waals surface area contributed by atoms with Crippen LogP contribution in [0.5, 0.6) is 0 Å². The topological polar surface area (TPSA) is 69.7 Å². The van der Waals surface area contributed by atoms with E-state index in [2.05, 4.69) is 8.92 Å². The van der Waals surface area contributed by atoms with Crippen molar-refractivity contribution in [2.75, 3.05) is 6.61 Å². The van der Waals surface area contributed by atoms with E-state index in [1.807, 2.05) is 0 Å². The van der Waals surface area contributed by atoms with Gasteiger partial charge in [0.05, 0.1) is 18.6 Å². The lowest BCUT2D eigenvalue weighted by atomic mass is 10.1. The molecule has 0 aliphatic heterocycles. The van der Waals surface area contributed by atoms with E-state index < -0.39 is 33.6 Å². The number of hydrogen-bond acceptors (Lipinski definition) is 5. The Morgan fingerprint density at radius 1 is 1.33 bits per heavy atom. The number of alkyl halides is 3. The largest absolute Gasteiger partial charge is 0.523 e. The van der Waals surface area contributed by atoms with Gasteiger partial charge >= 0.3 is 21.6 Å². The number of ether oxygens (including phenoxy) is 1. The molecule has 1 rings (SSSR count). The van der Waals surface area contributed by atoms with Crippen LogP contribution < -0.4 is 0 Å². The summed E-state index contributed by atoms with van der Waals surface area (Å²) in [5, 5.41) is 0. The highest BCUT2D eigenvalue weighted by Gasteiger charge is 2.50. The van der Waals surface area contributed by atoms with Crippen molar-refractivity contribution < 1.29 is 35.3 Å². The van der Waals surface area contributed by atoms with Crippen molar-refractivity contribution in [2.45, 2.75) is 37.8 Å². The highest BCUT2D eigenvalue weighted by Crippen LogP contribution is 2.34. The molecule has 0 aromatic heterocycles. The molecule has 1 fully saturated rings. The van der Waals surface area contributed by atoms with Crippen LogP contribution in [0.25, 0.3) is 0 Å². The molecule has 0 aromatic carbocycles. The molecule has 0 radical (unpaired) electrons. The minimum atomic E-state index is -5.67. The molecule has 0 bridgehead atoms. The first-order valence-corrected chi connectivity index (χ1v) is 6.76. The van der Waals surface area contributed by atoms with Crippen molar-refractivity contribution in [1.82, 2.24) is 0 Å². The van der Waals surface area contributed by atoms with Crippen molar-refractivity contribution >= 4 is 16.1 Å². The van der Waals surface area contributed by atoms with E-state index in [4.69, 9.17) is 0 Å².